The minimum absolute atomic E-state index is 0.195. The molecule has 2 aromatic carbocycles. The molecule has 0 bridgehead atoms. The lowest BCUT2D eigenvalue weighted by atomic mass is 10.1. The molecule has 0 atom stereocenters. The van der Waals surface area contributed by atoms with Crippen molar-refractivity contribution >= 4 is 17.2 Å². The van der Waals surface area contributed by atoms with E-state index < -0.39 is 0 Å². The SMILES string of the molecule is COc1ccc(CNC(=O)c2sc(-c3ccco3)nc2-c2ccccc2)cc1OC. The van der Waals surface area contributed by atoms with E-state index in [2.05, 4.69) is 10.3 Å². The summed E-state index contributed by atoms with van der Waals surface area (Å²) >= 11 is 1.31. The van der Waals surface area contributed by atoms with Crippen LogP contribution in [0.3, 0.4) is 0 Å². The highest BCUT2D eigenvalue weighted by Crippen LogP contribution is 2.34. The van der Waals surface area contributed by atoms with Gasteiger partial charge < -0.3 is 19.2 Å². The Bertz CT molecular complexity index is 1140. The second-order valence-electron chi connectivity index (χ2n) is 6.41. The molecule has 0 saturated heterocycles. The highest BCUT2D eigenvalue weighted by Gasteiger charge is 2.21. The Labute approximate surface area is 178 Å². The van der Waals surface area contributed by atoms with Crippen molar-refractivity contribution in [3.63, 3.8) is 0 Å². The first-order valence-corrected chi connectivity index (χ1v) is 10.1. The van der Waals surface area contributed by atoms with Gasteiger partial charge in [0.1, 0.15) is 4.88 Å². The van der Waals surface area contributed by atoms with Crippen LogP contribution in [-0.4, -0.2) is 25.1 Å². The van der Waals surface area contributed by atoms with Gasteiger partial charge in [-0.1, -0.05) is 36.4 Å². The zero-order valence-corrected chi connectivity index (χ0v) is 17.4. The quantitative estimate of drug-likeness (QED) is 0.455. The Morgan fingerprint density at radius 3 is 2.53 bits per heavy atom. The molecule has 0 fully saturated rings. The van der Waals surface area contributed by atoms with Crippen LogP contribution in [-0.2, 0) is 6.54 Å². The number of carbonyl (C=O) groups is 1. The maximum absolute atomic E-state index is 13.0. The van der Waals surface area contributed by atoms with E-state index in [1.165, 1.54) is 11.3 Å². The van der Waals surface area contributed by atoms with Gasteiger partial charge in [0, 0.05) is 12.1 Å². The molecule has 0 spiro atoms. The van der Waals surface area contributed by atoms with Crippen LogP contribution in [0.25, 0.3) is 22.0 Å². The fourth-order valence-electron chi connectivity index (χ4n) is 3.02. The average Bonchev–Trinajstić information content (AvgIpc) is 3.48. The van der Waals surface area contributed by atoms with Gasteiger partial charge in [0.25, 0.3) is 5.91 Å². The predicted molar refractivity (Wildman–Crippen MR) is 116 cm³/mol. The fourth-order valence-corrected chi connectivity index (χ4v) is 4.00. The number of hydrogen-bond acceptors (Lipinski definition) is 6. The van der Waals surface area contributed by atoms with Crippen molar-refractivity contribution < 1.29 is 18.7 Å². The van der Waals surface area contributed by atoms with Crippen LogP contribution in [0.2, 0.25) is 0 Å². The number of ether oxygens (including phenoxy) is 2. The molecule has 0 aliphatic heterocycles. The molecule has 0 aliphatic carbocycles. The summed E-state index contributed by atoms with van der Waals surface area (Å²) in [4.78, 5) is 18.3. The maximum atomic E-state index is 13.0. The number of nitrogens with zero attached hydrogens (tertiary/aromatic N) is 1. The highest BCUT2D eigenvalue weighted by atomic mass is 32.1. The molecule has 152 valence electrons. The monoisotopic (exact) mass is 420 g/mol. The smallest absolute Gasteiger partial charge is 0.263 e. The Kier molecular flexibility index (Phi) is 5.81. The van der Waals surface area contributed by atoms with E-state index in [0.717, 1.165) is 11.1 Å². The molecule has 1 N–H and O–H groups in total. The van der Waals surface area contributed by atoms with Gasteiger partial charge >= 0.3 is 0 Å². The molecule has 2 heterocycles. The number of methoxy groups -OCH3 is 2. The van der Waals surface area contributed by atoms with Crippen molar-refractivity contribution in [2.45, 2.75) is 6.54 Å². The number of aromatic nitrogens is 1. The van der Waals surface area contributed by atoms with Crippen LogP contribution in [0.5, 0.6) is 11.5 Å². The first-order chi connectivity index (χ1) is 14.7. The fraction of sp³-hybridized carbons (Fsp3) is 0.130. The molecule has 0 radical (unpaired) electrons. The molecule has 2 aromatic heterocycles. The van der Waals surface area contributed by atoms with Crippen LogP contribution in [0.1, 0.15) is 15.2 Å². The van der Waals surface area contributed by atoms with E-state index in [1.54, 1.807) is 26.5 Å². The molecule has 0 saturated carbocycles. The number of rotatable bonds is 7. The standard InChI is InChI=1S/C23H20N2O4S/c1-27-17-11-10-15(13-19(17)28-2)14-24-22(26)21-20(16-7-4-3-5-8-16)25-23(30-21)18-9-6-12-29-18/h3-13H,14H2,1-2H3,(H,24,26). The predicted octanol–water partition coefficient (Wildman–Crippen LogP) is 5.02. The second-order valence-corrected chi connectivity index (χ2v) is 7.41. The average molecular weight is 420 g/mol. The van der Waals surface area contributed by atoms with Crippen molar-refractivity contribution in [1.82, 2.24) is 10.3 Å². The first-order valence-electron chi connectivity index (χ1n) is 9.29. The Hall–Kier alpha value is -3.58. The summed E-state index contributed by atoms with van der Waals surface area (Å²) in [6.45, 7) is 0.349. The molecule has 0 unspecified atom stereocenters. The number of benzene rings is 2. The molecule has 4 aromatic rings. The third kappa shape index (κ3) is 4.06. The van der Waals surface area contributed by atoms with Gasteiger partial charge in [-0.15, -0.1) is 11.3 Å². The van der Waals surface area contributed by atoms with E-state index in [0.29, 0.717) is 39.4 Å². The number of hydrogen-bond donors (Lipinski definition) is 1. The number of carbonyl (C=O) groups excluding carboxylic acids is 1. The van der Waals surface area contributed by atoms with Crippen LogP contribution >= 0.6 is 11.3 Å². The summed E-state index contributed by atoms with van der Waals surface area (Å²) in [5.74, 6) is 1.70. The van der Waals surface area contributed by atoms with Gasteiger partial charge in [0.15, 0.2) is 22.3 Å². The third-order valence-electron chi connectivity index (χ3n) is 4.51. The third-order valence-corrected chi connectivity index (χ3v) is 5.58. The van der Waals surface area contributed by atoms with E-state index in [9.17, 15) is 4.79 Å². The number of amides is 1. The van der Waals surface area contributed by atoms with Crippen LogP contribution in [0, 0.1) is 0 Å². The zero-order chi connectivity index (χ0) is 20.9. The van der Waals surface area contributed by atoms with E-state index >= 15 is 0 Å². The van der Waals surface area contributed by atoms with Gasteiger partial charge in [0.05, 0.1) is 26.2 Å². The normalized spacial score (nSPS) is 10.6. The second kappa shape index (κ2) is 8.84. The van der Waals surface area contributed by atoms with Crippen molar-refractivity contribution in [2.75, 3.05) is 14.2 Å². The molecule has 30 heavy (non-hydrogen) atoms. The zero-order valence-electron chi connectivity index (χ0n) is 16.5. The molecule has 4 rings (SSSR count). The summed E-state index contributed by atoms with van der Waals surface area (Å²) in [5.41, 5.74) is 2.41. The van der Waals surface area contributed by atoms with E-state index in [-0.39, 0.29) is 5.91 Å². The van der Waals surface area contributed by atoms with Crippen molar-refractivity contribution in [3.8, 4) is 33.5 Å². The molecule has 1 amide bonds. The van der Waals surface area contributed by atoms with Crippen LogP contribution in [0.15, 0.2) is 71.3 Å². The minimum atomic E-state index is -0.195. The van der Waals surface area contributed by atoms with Gasteiger partial charge in [-0.2, -0.15) is 0 Å². The van der Waals surface area contributed by atoms with Crippen LogP contribution in [0.4, 0.5) is 0 Å². The summed E-state index contributed by atoms with van der Waals surface area (Å²) in [6, 6.07) is 18.8. The highest BCUT2D eigenvalue weighted by molar-refractivity contribution is 7.17. The van der Waals surface area contributed by atoms with E-state index in [1.807, 2.05) is 54.6 Å². The minimum Gasteiger partial charge on any atom is -0.493 e. The summed E-state index contributed by atoms with van der Waals surface area (Å²) < 4.78 is 16.1. The van der Waals surface area contributed by atoms with Gasteiger partial charge in [-0.3, -0.25) is 4.79 Å². The summed E-state index contributed by atoms with van der Waals surface area (Å²) in [5, 5.41) is 3.64. The summed E-state index contributed by atoms with van der Waals surface area (Å²) in [7, 11) is 3.17. The van der Waals surface area contributed by atoms with Crippen molar-refractivity contribution in [3.05, 3.63) is 77.4 Å². The molecular formula is C23H20N2O4S. The Balaban J connectivity index is 1.60. The maximum Gasteiger partial charge on any atom is 0.263 e. The number of thiazole rings is 1. The Morgan fingerprint density at radius 1 is 1.03 bits per heavy atom. The Morgan fingerprint density at radius 2 is 1.83 bits per heavy atom. The van der Waals surface area contributed by atoms with E-state index in [4.69, 9.17) is 13.9 Å². The molecular weight excluding hydrogens is 400 g/mol. The number of nitrogens with one attached hydrogen (secondary N) is 1. The van der Waals surface area contributed by atoms with Crippen molar-refractivity contribution in [1.29, 1.82) is 0 Å². The van der Waals surface area contributed by atoms with Gasteiger partial charge in [-0.05, 0) is 29.8 Å². The topological polar surface area (TPSA) is 73.6 Å². The first kappa shape index (κ1) is 19.7. The largest absolute Gasteiger partial charge is 0.493 e. The lowest BCUT2D eigenvalue weighted by molar-refractivity contribution is 0.0955. The van der Waals surface area contributed by atoms with Crippen molar-refractivity contribution in [2.24, 2.45) is 0 Å². The van der Waals surface area contributed by atoms with Crippen LogP contribution < -0.4 is 14.8 Å². The lowest BCUT2D eigenvalue weighted by Crippen LogP contribution is -2.22. The van der Waals surface area contributed by atoms with Gasteiger partial charge in [0.2, 0.25) is 0 Å². The summed E-state index contributed by atoms with van der Waals surface area (Å²) in [6.07, 6.45) is 1.59. The van der Waals surface area contributed by atoms with Gasteiger partial charge in [-0.25, -0.2) is 4.98 Å². The lowest BCUT2D eigenvalue weighted by Gasteiger charge is -2.10. The number of furan rings is 1. The molecule has 7 heteroatoms. The molecule has 0 aliphatic rings. The molecule has 6 nitrogen and oxygen atoms in total.